The Labute approximate surface area is 210 Å². The van der Waals surface area contributed by atoms with Gasteiger partial charge in [-0.3, -0.25) is 0 Å². The molecule has 1 atom stereocenters. The summed E-state index contributed by atoms with van der Waals surface area (Å²) >= 11 is 0. The van der Waals surface area contributed by atoms with Crippen LogP contribution in [-0.4, -0.2) is 46.5 Å². The van der Waals surface area contributed by atoms with Gasteiger partial charge in [0.2, 0.25) is 6.33 Å². The zero-order chi connectivity index (χ0) is 24.9. The third kappa shape index (κ3) is 8.57. The van der Waals surface area contributed by atoms with Gasteiger partial charge in [-0.05, 0) is 42.5 Å². The van der Waals surface area contributed by atoms with Crippen molar-refractivity contribution in [2.24, 2.45) is 7.05 Å². The van der Waals surface area contributed by atoms with Crippen LogP contribution in [-0.2, 0) is 31.2 Å². The van der Waals surface area contributed by atoms with Crippen LogP contribution in [0.15, 0.2) is 30.9 Å². The second-order valence-corrected chi connectivity index (χ2v) is 23.9. The van der Waals surface area contributed by atoms with Gasteiger partial charge in [-0.1, -0.05) is 51.4 Å². The average Bonchev–Trinajstić information content (AvgIpc) is 3.37. The lowest BCUT2D eigenvalue weighted by Gasteiger charge is -2.24. The quantitative estimate of drug-likeness (QED) is 0.185. The number of aryl methyl sites for hydroxylation is 4. The summed E-state index contributed by atoms with van der Waals surface area (Å²) < 4.78 is 10.6. The third-order valence-corrected chi connectivity index (χ3v) is 10.4. The Morgan fingerprint density at radius 1 is 1.03 bits per heavy atom. The maximum atomic E-state index is 6.75. The molecule has 2 aromatic rings. The largest absolute Gasteiger partial charge is 0.398 e. The van der Waals surface area contributed by atoms with Crippen molar-refractivity contribution in [3.8, 4) is 0 Å². The third-order valence-electron chi connectivity index (χ3n) is 6.87. The number of hydrogen-bond acceptors (Lipinski definition) is 3. The molecule has 0 aliphatic carbocycles. The number of imidazole rings is 1. The summed E-state index contributed by atoms with van der Waals surface area (Å²) in [7, 11) is -0.172. The lowest BCUT2D eigenvalue weighted by molar-refractivity contribution is -0.671. The molecular weight excluding hydrogens is 452 g/mol. The molecule has 0 amide bonds. The summed E-state index contributed by atoms with van der Waals surface area (Å²) in [5.41, 5.74) is 11.9. The topological polar surface area (TPSA) is 47.3 Å². The van der Waals surface area contributed by atoms with Gasteiger partial charge in [0.15, 0.2) is 0 Å². The fourth-order valence-corrected chi connectivity index (χ4v) is 6.64. The molecule has 1 unspecified atom stereocenters. The molecule has 34 heavy (non-hydrogen) atoms. The highest BCUT2D eigenvalue weighted by molar-refractivity contribution is 6.76. The molecule has 190 valence electrons. The first kappa shape index (κ1) is 27.0. The number of benzene rings is 1. The van der Waals surface area contributed by atoms with Gasteiger partial charge in [-0.15, -0.1) is 0 Å². The summed E-state index contributed by atoms with van der Waals surface area (Å²) in [6.45, 7) is 18.6. The van der Waals surface area contributed by atoms with Gasteiger partial charge in [-0.2, -0.15) is 0 Å². The van der Waals surface area contributed by atoms with E-state index >= 15 is 0 Å². The zero-order valence-electron chi connectivity index (χ0n) is 22.9. The molecule has 0 spiro atoms. The van der Waals surface area contributed by atoms with Gasteiger partial charge in [-0.25, -0.2) is 9.13 Å². The molecule has 1 aromatic heterocycles. The molecule has 0 saturated carbocycles. The highest BCUT2D eigenvalue weighted by Gasteiger charge is 2.25. The number of hydrogen-bond donors (Lipinski definition) is 1. The van der Waals surface area contributed by atoms with Gasteiger partial charge in [0.1, 0.15) is 12.4 Å². The van der Waals surface area contributed by atoms with E-state index in [1.165, 1.54) is 28.9 Å². The molecule has 0 radical (unpaired) electrons. The Bertz CT molecular complexity index is 890. The predicted molar refractivity (Wildman–Crippen MR) is 151 cm³/mol. The minimum absolute atomic E-state index is 0.328. The maximum Gasteiger partial charge on any atom is 0.243 e. The number of aromatic nitrogens is 2. The highest BCUT2D eigenvalue weighted by Crippen LogP contribution is 2.32. The molecule has 5 nitrogen and oxygen atoms in total. The number of rotatable bonds is 12. The molecule has 0 bridgehead atoms. The summed E-state index contributed by atoms with van der Waals surface area (Å²) in [4.78, 5) is 2.53. The second-order valence-electron chi connectivity index (χ2n) is 12.7. The first-order chi connectivity index (χ1) is 15.9. The SMILES string of the molecule is C[n+]1ccn(CCCOC2CCN(c3cc(CC[Si](C)(C)C)c(N)c(CC[Si](C)(C)C)c3)C2)c1. The van der Waals surface area contributed by atoms with Crippen LogP contribution in [0.25, 0.3) is 0 Å². The van der Waals surface area contributed by atoms with Crippen LogP contribution in [0.3, 0.4) is 0 Å². The summed E-state index contributed by atoms with van der Waals surface area (Å²) in [5.74, 6) is 0. The Kier molecular flexibility index (Phi) is 9.09. The molecule has 1 saturated heterocycles. The Morgan fingerprint density at radius 3 is 2.18 bits per heavy atom. The molecule has 3 rings (SSSR count). The van der Waals surface area contributed by atoms with E-state index in [1.54, 1.807) is 0 Å². The van der Waals surface area contributed by atoms with E-state index in [1.807, 2.05) is 0 Å². The van der Waals surface area contributed by atoms with Crippen molar-refractivity contribution in [1.82, 2.24) is 4.57 Å². The van der Waals surface area contributed by atoms with Crippen LogP contribution < -0.4 is 15.2 Å². The van der Waals surface area contributed by atoms with Gasteiger partial charge in [0.25, 0.3) is 0 Å². The first-order valence-electron chi connectivity index (χ1n) is 13.2. The number of ether oxygens (including phenoxy) is 1. The molecule has 1 fully saturated rings. The van der Waals surface area contributed by atoms with Crippen molar-refractivity contribution in [3.05, 3.63) is 42.0 Å². The minimum atomic E-state index is -1.12. The Morgan fingerprint density at radius 2 is 1.65 bits per heavy atom. The second kappa shape index (κ2) is 11.4. The van der Waals surface area contributed by atoms with Crippen molar-refractivity contribution in [2.75, 3.05) is 30.3 Å². The summed E-state index contributed by atoms with van der Waals surface area (Å²) in [6, 6.07) is 7.36. The van der Waals surface area contributed by atoms with E-state index < -0.39 is 16.1 Å². The Hall–Kier alpha value is -1.58. The molecule has 2 heterocycles. The van der Waals surface area contributed by atoms with Crippen molar-refractivity contribution in [1.29, 1.82) is 0 Å². The number of nitrogens with two attached hydrogens (primary N) is 1. The molecule has 2 N–H and O–H groups in total. The van der Waals surface area contributed by atoms with Crippen LogP contribution in [0, 0.1) is 0 Å². The molecule has 1 aromatic carbocycles. The van der Waals surface area contributed by atoms with E-state index in [0.717, 1.165) is 57.6 Å². The monoisotopic (exact) mass is 501 g/mol. The summed E-state index contributed by atoms with van der Waals surface area (Å²) in [5, 5.41) is 0. The number of anilines is 2. The Balaban J connectivity index is 1.63. The van der Waals surface area contributed by atoms with E-state index in [2.05, 4.69) is 91.2 Å². The highest BCUT2D eigenvalue weighted by atomic mass is 28.3. The van der Waals surface area contributed by atoms with Crippen LogP contribution in [0.2, 0.25) is 51.4 Å². The van der Waals surface area contributed by atoms with Crippen molar-refractivity contribution < 1.29 is 9.30 Å². The zero-order valence-corrected chi connectivity index (χ0v) is 24.9. The van der Waals surface area contributed by atoms with E-state index in [0.29, 0.717) is 6.10 Å². The molecule has 7 heteroatoms. The van der Waals surface area contributed by atoms with Crippen molar-refractivity contribution in [3.63, 3.8) is 0 Å². The van der Waals surface area contributed by atoms with Crippen LogP contribution in [0.5, 0.6) is 0 Å². The number of nitrogens with zero attached hydrogens (tertiary/aromatic N) is 3. The smallest absolute Gasteiger partial charge is 0.243 e. The van der Waals surface area contributed by atoms with Gasteiger partial charge < -0.3 is 15.4 Å². The van der Waals surface area contributed by atoms with Gasteiger partial charge in [0, 0.05) is 47.0 Å². The minimum Gasteiger partial charge on any atom is -0.398 e. The standard InChI is InChI=1S/C27H49N4OSi2/c1-29-14-15-30(22-29)12-8-16-32-26-9-13-31(21-26)25-19-23(10-17-33(2,3)4)27(28)24(20-25)11-18-34(5,6)7/h14-15,19-20,22,26H,8-13,16-18,21,28H2,1-7H3/q+1. The van der Waals surface area contributed by atoms with Crippen molar-refractivity contribution in [2.45, 2.75) is 89.7 Å². The van der Waals surface area contributed by atoms with Crippen LogP contribution in [0.1, 0.15) is 24.0 Å². The molecular formula is C27H49N4OSi2+. The van der Waals surface area contributed by atoms with Gasteiger partial charge in [0.05, 0.1) is 26.3 Å². The normalized spacial score (nSPS) is 17.0. The summed E-state index contributed by atoms with van der Waals surface area (Å²) in [6.07, 6.45) is 11.0. The maximum absolute atomic E-state index is 6.75. The lowest BCUT2D eigenvalue weighted by atomic mass is 10.0. The van der Waals surface area contributed by atoms with Gasteiger partial charge >= 0.3 is 0 Å². The fourth-order valence-electron chi connectivity index (χ4n) is 4.61. The van der Waals surface area contributed by atoms with Crippen LogP contribution in [0.4, 0.5) is 11.4 Å². The van der Waals surface area contributed by atoms with E-state index in [9.17, 15) is 0 Å². The molecule has 1 aliphatic rings. The molecule has 1 aliphatic heterocycles. The first-order valence-corrected chi connectivity index (χ1v) is 20.6. The van der Waals surface area contributed by atoms with E-state index in [-0.39, 0.29) is 0 Å². The fraction of sp³-hybridized carbons (Fsp3) is 0.667. The average molecular weight is 502 g/mol. The lowest BCUT2D eigenvalue weighted by Crippen LogP contribution is -2.25. The number of nitrogen functional groups attached to an aromatic ring is 1. The van der Waals surface area contributed by atoms with Crippen molar-refractivity contribution >= 4 is 27.5 Å². The predicted octanol–water partition coefficient (Wildman–Crippen LogP) is 5.34. The van der Waals surface area contributed by atoms with E-state index in [4.69, 9.17) is 10.5 Å². The van der Waals surface area contributed by atoms with Crippen LogP contribution >= 0.6 is 0 Å².